The molecule has 3 aromatic rings. The number of esters is 1. The van der Waals surface area contributed by atoms with Gasteiger partial charge in [-0.15, -0.1) is 0 Å². The predicted molar refractivity (Wildman–Crippen MR) is 76.7 cm³/mol. The molecule has 0 N–H and O–H groups in total. The molecule has 21 heavy (non-hydrogen) atoms. The lowest BCUT2D eigenvalue weighted by molar-refractivity contribution is 0.0730. The van der Waals surface area contributed by atoms with Crippen LogP contribution in [0, 0.1) is 6.92 Å². The molecule has 0 aliphatic heterocycles. The zero-order chi connectivity index (χ0) is 14.8. The number of carbonyl (C=O) groups is 1. The number of para-hydroxylation sites is 2. The van der Waals surface area contributed by atoms with E-state index in [4.69, 9.17) is 13.9 Å². The van der Waals surface area contributed by atoms with Crippen molar-refractivity contribution in [2.24, 2.45) is 0 Å². The van der Waals surface area contributed by atoms with Crippen molar-refractivity contribution in [3.8, 4) is 11.5 Å². The molecule has 0 saturated heterocycles. The van der Waals surface area contributed by atoms with Crippen LogP contribution in [0.3, 0.4) is 0 Å². The van der Waals surface area contributed by atoms with Gasteiger partial charge in [-0.1, -0.05) is 12.1 Å². The number of fused-ring (bicyclic) bond motifs is 1. The number of benzene rings is 2. The molecule has 5 nitrogen and oxygen atoms in total. The van der Waals surface area contributed by atoms with Gasteiger partial charge in [-0.3, -0.25) is 0 Å². The minimum atomic E-state index is -0.470. The van der Waals surface area contributed by atoms with Crippen molar-refractivity contribution >= 4 is 17.1 Å². The molecular weight excluding hydrogens is 270 g/mol. The Labute approximate surface area is 121 Å². The quantitative estimate of drug-likeness (QED) is 0.545. The van der Waals surface area contributed by atoms with Crippen LogP contribution in [0.4, 0.5) is 0 Å². The molecule has 1 heterocycles. The zero-order valence-electron chi connectivity index (χ0n) is 11.6. The molecule has 0 saturated carbocycles. The lowest BCUT2D eigenvalue weighted by Crippen LogP contribution is -2.09. The van der Waals surface area contributed by atoms with Crippen LogP contribution in [-0.4, -0.2) is 18.1 Å². The summed E-state index contributed by atoms with van der Waals surface area (Å²) in [7, 11) is 1.52. The van der Waals surface area contributed by atoms with Crippen LogP contribution < -0.4 is 9.47 Å². The summed E-state index contributed by atoms with van der Waals surface area (Å²) in [6, 6.07) is 12.0. The zero-order valence-corrected chi connectivity index (χ0v) is 11.6. The Bertz CT molecular complexity index is 807. The van der Waals surface area contributed by atoms with Crippen molar-refractivity contribution in [2.75, 3.05) is 7.11 Å². The third-order valence-corrected chi connectivity index (χ3v) is 3.00. The lowest BCUT2D eigenvalue weighted by Gasteiger charge is -2.08. The summed E-state index contributed by atoms with van der Waals surface area (Å²) in [5.74, 6) is 0.966. The molecule has 0 amide bonds. The molecule has 0 fully saturated rings. The number of aryl methyl sites for hydroxylation is 1. The van der Waals surface area contributed by atoms with E-state index in [-0.39, 0.29) is 0 Å². The van der Waals surface area contributed by atoms with Gasteiger partial charge in [0.1, 0.15) is 5.52 Å². The van der Waals surface area contributed by atoms with Crippen molar-refractivity contribution in [3.05, 3.63) is 53.9 Å². The number of methoxy groups -OCH3 is 1. The number of rotatable bonds is 3. The van der Waals surface area contributed by atoms with Crippen molar-refractivity contribution in [1.82, 2.24) is 4.98 Å². The van der Waals surface area contributed by atoms with E-state index in [1.54, 1.807) is 49.4 Å². The van der Waals surface area contributed by atoms with Crippen molar-refractivity contribution in [1.29, 1.82) is 0 Å². The van der Waals surface area contributed by atoms with Crippen LogP contribution in [0.15, 0.2) is 46.9 Å². The molecule has 106 valence electrons. The first-order chi connectivity index (χ1) is 10.2. The molecule has 0 unspecified atom stereocenters. The van der Waals surface area contributed by atoms with Crippen LogP contribution in [0.1, 0.15) is 16.2 Å². The van der Waals surface area contributed by atoms with E-state index >= 15 is 0 Å². The summed E-state index contributed by atoms with van der Waals surface area (Å²) in [6.07, 6.45) is 0. The van der Waals surface area contributed by atoms with Gasteiger partial charge in [0.2, 0.25) is 0 Å². The molecule has 1 aromatic heterocycles. The minimum absolute atomic E-state index is 0.376. The van der Waals surface area contributed by atoms with Gasteiger partial charge >= 0.3 is 5.97 Å². The van der Waals surface area contributed by atoms with E-state index in [2.05, 4.69) is 4.98 Å². The summed E-state index contributed by atoms with van der Waals surface area (Å²) in [4.78, 5) is 16.4. The molecule has 2 aromatic carbocycles. The van der Waals surface area contributed by atoms with E-state index in [1.165, 1.54) is 7.11 Å². The molecule has 0 atom stereocenters. The second-order valence-electron chi connectivity index (χ2n) is 4.46. The number of nitrogens with zero attached hydrogens (tertiary/aromatic N) is 1. The van der Waals surface area contributed by atoms with Gasteiger partial charge in [0.25, 0.3) is 0 Å². The number of hydrogen-bond acceptors (Lipinski definition) is 5. The number of ether oxygens (including phenoxy) is 2. The smallest absolute Gasteiger partial charge is 0.343 e. The van der Waals surface area contributed by atoms with Gasteiger partial charge in [-0.2, -0.15) is 0 Å². The van der Waals surface area contributed by atoms with E-state index in [0.29, 0.717) is 34.1 Å². The van der Waals surface area contributed by atoms with Gasteiger partial charge in [-0.05, 0) is 30.3 Å². The summed E-state index contributed by atoms with van der Waals surface area (Å²) in [5.41, 5.74) is 1.67. The molecule has 0 aliphatic carbocycles. The highest BCUT2D eigenvalue weighted by Crippen LogP contribution is 2.27. The normalized spacial score (nSPS) is 10.6. The number of hydrogen-bond donors (Lipinski definition) is 0. The first-order valence-corrected chi connectivity index (χ1v) is 6.40. The number of aromatic nitrogens is 1. The average Bonchev–Trinajstić information content (AvgIpc) is 2.86. The molecule has 5 heteroatoms. The van der Waals surface area contributed by atoms with Crippen LogP contribution >= 0.6 is 0 Å². The van der Waals surface area contributed by atoms with E-state index in [0.717, 1.165) is 0 Å². The summed E-state index contributed by atoms with van der Waals surface area (Å²) >= 11 is 0. The van der Waals surface area contributed by atoms with Gasteiger partial charge in [-0.25, -0.2) is 9.78 Å². The highest BCUT2D eigenvalue weighted by atomic mass is 16.6. The fourth-order valence-electron chi connectivity index (χ4n) is 2.03. The SMILES string of the molecule is COc1ccccc1OC(=O)c1ccc2oc(C)nc2c1. The number of carbonyl (C=O) groups excluding carboxylic acids is 1. The topological polar surface area (TPSA) is 61.6 Å². The lowest BCUT2D eigenvalue weighted by atomic mass is 10.2. The van der Waals surface area contributed by atoms with Crippen LogP contribution in [0.25, 0.3) is 11.1 Å². The summed E-state index contributed by atoms with van der Waals surface area (Å²) in [5, 5.41) is 0. The maximum absolute atomic E-state index is 12.2. The number of oxazole rings is 1. The maximum Gasteiger partial charge on any atom is 0.343 e. The Hall–Kier alpha value is -2.82. The van der Waals surface area contributed by atoms with Gasteiger partial charge in [0.15, 0.2) is 23.0 Å². The van der Waals surface area contributed by atoms with Gasteiger partial charge in [0, 0.05) is 6.92 Å². The Morgan fingerprint density at radius 1 is 1.14 bits per heavy atom. The monoisotopic (exact) mass is 283 g/mol. The van der Waals surface area contributed by atoms with Gasteiger partial charge < -0.3 is 13.9 Å². The third kappa shape index (κ3) is 2.58. The fraction of sp³-hybridized carbons (Fsp3) is 0.125. The first-order valence-electron chi connectivity index (χ1n) is 6.40. The molecule has 0 spiro atoms. The summed E-state index contributed by atoms with van der Waals surface area (Å²) in [6.45, 7) is 1.76. The molecular formula is C16H13NO4. The van der Waals surface area contributed by atoms with Gasteiger partial charge in [0.05, 0.1) is 12.7 Å². The second-order valence-corrected chi connectivity index (χ2v) is 4.46. The molecule has 0 radical (unpaired) electrons. The highest BCUT2D eigenvalue weighted by Gasteiger charge is 2.13. The molecule has 3 rings (SSSR count). The van der Waals surface area contributed by atoms with Crippen molar-refractivity contribution in [2.45, 2.75) is 6.92 Å². The fourth-order valence-corrected chi connectivity index (χ4v) is 2.03. The van der Waals surface area contributed by atoms with E-state index in [9.17, 15) is 4.79 Å². The Morgan fingerprint density at radius 2 is 1.90 bits per heavy atom. The summed E-state index contributed by atoms with van der Waals surface area (Å²) < 4.78 is 15.9. The highest BCUT2D eigenvalue weighted by molar-refractivity contribution is 5.94. The third-order valence-electron chi connectivity index (χ3n) is 3.00. The Morgan fingerprint density at radius 3 is 2.67 bits per heavy atom. The molecule has 0 aliphatic rings. The van der Waals surface area contributed by atoms with Crippen LogP contribution in [0.5, 0.6) is 11.5 Å². The second kappa shape index (κ2) is 5.28. The Balaban J connectivity index is 1.89. The van der Waals surface area contributed by atoms with E-state index < -0.39 is 5.97 Å². The van der Waals surface area contributed by atoms with Crippen LogP contribution in [-0.2, 0) is 0 Å². The van der Waals surface area contributed by atoms with Crippen molar-refractivity contribution in [3.63, 3.8) is 0 Å². The largest absolute Gasteiger partial charge is 0.493 e. The Kier molecular flexibility index (Phi) is 3.31. The van der Waals surface area contributed by atoms with Crippen molar-refractivity contribution < 1.29 is 18.7 Å². The maximum atomic E-state index is 12.2. The predicted octanol–water partition coefficient (Wildman–Crippen LogP) is 3.36. The van der Waals surface area contributed by atoms with E-state index in [1.807, 2.05) is 0 Å². The molecule has 0 bridgehead atoms. The standard InChI is InChI=1S/C16H13NO4/c1-10-17-12-9-11(7-8-13(12)20-10)16(18)21-15-6-4-3-5-14(15)19-2/h3-9H,1-2H3. The average molecular weight is 283 g/mol. The van der Waals surface area contributed by atoms with Crippen LogP contribution in [0.2, 0.25) is 0 Å². The first kappa shape index (κ1) is 13.2. The minimum Gasteiger partial charge on any atom is -0.493 e.